The minimum atomic E-state index is -4.13. The van der Waals surface area contributed by atoms with Crippen molar-refractivity contribution in [2.75, 3.05) is 33.4 Å². The largest absolute Gasteiger partial charge is 0.494 e. The molecule has 2 aromatic carbocycles. The minimum Gasteiger partial charge on any atom is -0.494 e. The van der Waals surface area contributed by atoms with Crippen LogP contribution >= 0.6 is 0 Å². The van der Waals surface area contributed by atoms with Gasteiger partial charge in [0.05, 0.1) is 18.1 Å². The Hall–Kier alpha value is -3.79. The fraction of sp³-hybridized carbons (Fsp3) is 0.407. The van der Waals surface area contributed by atoms with E-state index in [9.17, 15) is 23.2 Å². The molecule has 11 nitrogen and oxygen atoms in total. The first-order valence-electron chi connectivity index (χ1n) is 12.4. The van der Waals surface area contributed by atoms with Gasteiger partial charge in [0.15, 0.2) is 0 Å². The zero-order valence-corrected chi connectivity index (χ0v) is 23.1. The Morgan fingerprint density at radius 2 is 1.64 bits per heavy atom. The van der Waals surface area contributed by atoms with Gasteiger partial charge in [0.1, 0.15) is 24.1 Å². The maximum Gasteiger partial charge on any atom is 0.407 e. The SMILES string of the molecule is CC#CCOc1ccc(S(=O)(=O)N(C)C(C(=O)NO)c2ccc(OCCCNC(=O)OCCCC)cc2)cc1. The van der Waals surface area contributed by atoms with Crippen molar-refractivity contribution in [2.24, 2.45) is 0 Å². The highest BCUT2D eigenvalue weighted by Gasteiger charge is 2.34. The van der Waals surface area contributed by atoms with Crippen LogP contribution in [0.3, 0.4) is 0 Å². The maximum absolute atomic E-state index is 13.3. The number of ether oxygens (including phenoxy) is 3. The van der Waals surface area contributed by atoms with Gasteiger partial charge in [-0.05, 0) is 61.7 Å². The molecule has 0 heterocycles. The van der Waals surface area contributed by atoms with E-state index in [2.05, 4.69) is 17.2 Å². The van der Waals surface area contributed by atoms with Crippen molar-refractivity contribution < 1.29 is 37.4 Å². The number of hydroxylamine groups is 1. The molecule has 3 N–H and O–H groups in total. The third-order valence-electron chi connectivity index (χ3n) is 5.50. The topological polar surface area (TPSA) is 144 Å². The predicted octanol–water partition coefficient (Wildman–Crippen LogP) is 3.25. The lowest BCUT2D eigenvalue weighted by Gasteiger charge is -2.26. The second-order valence-electron chi connectivity index (χ2n) is 8.27. The van der Waals surface area contributed by atoms with Gasteiger partial charge in [0, 0.05) is 13.6 Å². The van der Waals surface area contributed by atoms with Gasteiger partial charge in [-0.25, -0.2) is 18.7 Å². The number of nitrogens with one attached hydrogen (secondary N) is 2. The molecule has 0 aliphatic heterocycles. The zero-order chi connectivity index (χ0) is 28.7. The Morgan fingerprint density at radius 3 is 2.26 bits per heavy atom. The van der Waals surface area contributed by atoms with Crippen molar-refractivity contribution in [3.63, 3.8) is 0 Å². The summed E-state index contributed by atoms with van der Waals surface area (Å²) >= 11 is 0. The summed E-state index contributed by atoms with van der Waals surface area (Å²) < 4.78 is 43.5. The normalized spacial score (nSPS) is 11.6. The average Bonchev–Trinajstić information content (AvgIpc) is 2.94. The minimum absolute atomic E-state index is 0.0579. The number of likely N-dealkylation sites (N-methyl/N-ethyl adjacent to an activating group) is 1. The van der Waals surface area contributed by atoms with Crippen LogP contribution in [0.15, 0.2) is 53.4 Å². The van der Waals surface area contributed by atoms with Crippen molar-refractivity contribution in [3.05, 3.63) is 54.1 Å². The van der Waals surface area contributed by atoms with E-state index >= 15 is 0 Å². The molecule has 0 aromatic heterocycles. The van der Waals surface area contributed by atoms with Crippen molar-refractivity contribution >= 4 is 22.0 Å². The predicted molar refractivity (Wildman–Crippen MR) is 144 cm³/mol. The monoisotopic (exact) mass is 561 g/mol. The van der Waals surface area contributed by atoms with Gasteiger partial charge >= 0.3 is 6.09 Å². The summed E-state index contributed by atoms with van der Waals surface area (Å²) in [5.74, 6) is 5.46. The van der Waals surface area contributed by atoms with E-state index in [1.807, 2.05) is 6.92 Å². The van der Waals surface area contributed by atoms with E-state index in [1.54, 1.807) is 19.1 Å². The van der Waals surface area contributed by atoms with Crippen molar-refractivity contribution in [1.82, 2.24) is 15.1 Å². The first-order valence-corrected chi connectivity index (χ1v) is 13.9. The van der Waals surface area contributed by atoms with Crippen LogP contribution in [0.5, 0.6) is 11.5 Å². The second-order valence-corrected chi connectivity index (χ2v) is 10.3. The van der Waals surface area contributed by atoms with E-state index in [1.165, 1.54) is 48.9 Å². The van der Waals surface area contributed by atoms with Gasteiger partial charge in [0.2, 0.25) is 10.0 Å². The molecule has 0 spiro atoms. The molecule has 2 amide bonds. The molecule has 39 heavy (non-hydrogen) atoms. The fourth-order valence-electron chi connectivity index (χ4n) is 3.35. The molecule has 0 saturated heterocycles. The van der Waals surface area contributed by atoms with Crippen molar-refractivity contribution in [1.29, 1.82) is 0 Å². The summed E-state index contributed by atoms with van der Waals surface area (Å²) in [6.07, 6.45) is 1.83. The van der Waals surface area contributed by atoms with Crippen LogP contribution in [0.2, 0.25) is 0 Å². The highest BCUT2D eigenvalue weighted by molar-refractivity contribution is 7.89. The lowest BCUT2D eigenvalue weighted by molar-refractivity contribution is -0.133. The van der Waals surface area contributed by atoms with E-state index in [4.69, 9.17) is 14.2 Å². The summed E-state index contributed by atoms with van der Waals surface area (Å²) in [4.78, 5) is 24.0. The number of hydrogen-bond donors (Lipinski definition) is 3. The molecule has 1 atom stereocenters. The molecule has 0 aliphatic rings. The quantitative estimate of drug-likeness (QED) is 0.130. The van der Waals surface area contributed by atoms with Crippen LogP contribution in [-0.4, -0.2) is 63.3 Å². The Morgan fingerprint density at radius 1 is 1.00 bits per heavy atom. The van der Waals surface area contributed by atoms with Gasteiger partial charge in [-0.3, -0.25) is 10.0 Å². The van der Waals surface area contributed by atoms with Gasteiger partial charge < -0.3 is 19.5 Å². The molecule has 0 radical (unpaired) electrons. The van der Waals surface area contributed by atoms with E-state index in [-0.39, 0.29) is 11.5 Å². The molecule has 1 unspecified atom stereocenters. The van der Waals surface area contributed by atoms with E-state index in [0.29, 0.717) is 43.2 Å². The standard InChI is InChI=1S/C27H35N3O8S/c1-4-6-18-36-23-13-15-24(16-14-23)39(34,35)30(3)25(26(31)29-33)21-9-11-22(12-10-21)37-20-8-17-28-27(32)38-19-7-5-2/h9-16,25,33H,5,7-8,17-20H2,1-3H3,(H,28,32)(H,29,31). The lowest BCUT2D eigenvalue weighted by atomic mass is 10.1. The number of hydrogen-bond acceptors (Lipinski definition) is 8. The van der Waals surface area contributed by atoms with Crippen molar-refractivity contribution in [2.45, 2.75) is 44.0 Å². The Labute approximate surface area is 229 Å². The average molecular weight is 562 g/mol. The molecule has 212 valence electrons. The van der Waals surface area contributed by atoms with Crippen LogP contribution < -0.4 is 20.3 Å². The summed E-state index contributed by atoms with van der Waals surface area (Å²) in [5.41, 5.74) is 1.85. The number of rotatable bonds is 15. The molecule has 2 aromatic rings. The van der Waals surface area contributed by atoms with E-state index in [0.717, 1.165) is 17.1 Å². The summed E-state index contributed by atoms with van der Waals surface area (Å²) in [5, 5.41) is 11.9. The molecule has 0 saturated carbocycles. The molecule has 0 fully saturated rings. The number of alkyl carbamates (subject to hydrolysis) is 1. The number of unbranched alkanes of at least 4 members (excludes halogenated alkanes) is 1. The summed E-state index contributed by atoms with van der Waals surface area (Å²) in [7, 11) is -2.88. The zero-order valence-electron chi connectivity index (χ0n) is 22.3. The molecule has 0 aliphatic carbocycles. The summed E-state index contributed by atoms with van der Waals surface area (Å²) in [6.45, 7) is 4.94. The Bertz CT molecular complexity index is 1220. The molecule has 2 rings (SSSR count). The molecule has 0 bridgehead atoms. The van der Waals surface area contributed by atoms with Gasteiger partial charge in [-0.1, -0.05) is 31.4 Å². The first-order chi connectivity index (χ1) is 18.7. The Kier molecular flexibility index (Phi) is 13.1. The van der Waals surface area contributed by atoms with Gasteiger partial charge in [0.25, 0.3) is 5.91 Å². The number of sulfonamides is 1. The molecular weight excluding hydrogens is 526 g/mol. The van der Waals surface area contributed by atoms with Crippen LogP contribution in [-0.2, 0) is 19.6 Å². The summed E-state index contributed by atoms with van der Waals surface area (Å²) in [6, 6.07) is 10.6. The first kappa shape index (κ1) is 31.4. The fourth-order valence-corrected chi connectivity index (χ4v) is 4.66. The van der Waals surface area contributed by atoms with Crippen molar-refractivity contribution in [3.8, 4) is 23.3 Å². The number of benzene rings is 2. The van der Waals surface area contributed by atoms with Crippen LogP contribution in [0.4, 0.5) is 4.79 Å². The van der Waals surface area contributed by atoms with Gasteiger partial charge in [-0.2, -0.15) is 4.31 Å². The van der Waals surface area contributed by atoms with Crippen LogP contribution in [0.1, 0.15) is 44.7 Å². The lowest BCUT2D eigenvalue weighted by Crippen LogP contribution is -2.40. The Balaban J connectivity index is 2.02. The van der Waals surface area contributed by atoms with Gasteiger partial charge in [-0.15, -0.1) is 5.92 Å². The third kappa shape index (κ3) is 9.79. The highest BCUT2D eigenvalue weighted by Crippen LogP contribution is 2.28. The highest BCUT2D eigenvalue weighted by atomic mass is 32.2. The molecule has 12 heteroatoms. The smallest absolute Gasteiger partial charge is 0.407 e. The number of amides is 2. The van der Waals surface area contributed by atoms with E-state index < -0.39 is 28.1 Å². The number of nitrogens with zero attached hydrogens (tertiary/aromatic N) is 1. The number of carbonyl (C=O) groups is 2. The van der Waals surface area contributed by atoms with Crippen LogP contribution in [0, 0.1) is 11.8 Å². The maximum atomic E-state index is 13.3. The third-order valence-corrected chi connectivity index (χ3v) is 7.33. The second kappa shape index (κ2) is 16.2. The number of carbonyl (C=O) groups excluding carboxylic acids is 2. The van der Waals surface area contributed by atoms with Crippen LogP contribution in [0.25, 0.3) is 0 Å². The molecular formula is C27H35N3O8S.